The molecule has 1 atom stereocenters. The fourth-order valence-corrected chi connectivity index (χ4v) is 2.46. The molecule has 0 aromatic rings. The zero-order chi connectivity index (χ0) is 13.0. The first-order chi connectivity index (χ1) is 8.72. The van der Waals surface area contributed by atoms with E-state index in [0.29, 0.717) is 0 Å². The highest BCUT2D eigenvalue weighted by Crippen LogP contribution is 2.28. The molecule has 0 aromatic carbocycles. The monoisotopic (exact) mass is 246 g/mol. The number of hydrogen-bond acceptors (Lipinski definition) is 3. The number of Topliss-reactive ketones (excluding diaryl/α,β-unsaturated/α-hetero) is 1. The van der Waals surface area contributed by atoms with Gasteiger partial charge in [-0.3, -0.25) is 4.79 Å². The summed E-state index contributed by atoms with van der Waals surface area (Å²) in [6.45, 7) is 3.38. The summed E-state index contributed by atoms with van der Waals surface area (Å²) < 4.78 is 5.24. The lowest BCUT2D eigenvalue weighted by atomic mass is 9.99. The lowest BCUT2D eigenvalue weighted by Crippen LogP contribution is -2.29. The molecule has 0 amide bonds. The molecule has 2 aliphatic carbocycles. The van der Waals surface area contributed by atoms with E-state index in [1.54, 1.807) is 0 Å². The average Bonchev–Trinajstić information content (AvgIpc) is 3.06. The van der Waals surface area contributed by atoms with Gasteiger partial charge in [0.25, 0.3) is 0 Å². The largest absolute Gasteiger partial charge is 0.446 e. The predicted octanol–water partition coefficient (Wildman–Crippen LogP) is 2.87. The highest BCUT2D eigenvalue weighted by atomic mass is 16.5. The molecule has 0 fully saturated rings. The van der Waals surface area contributed by atoms with Gasteiger partial charge in [-0.2, -0.15) is 0 Å². The van der Waals surface area contributed by atoms with Crippen molar-refractivity contribution in [2.75, 3.05) is 0 Å². The van der Waals surface area contributed by atoms with Crippen molar-refractivity contribution in [1.29, 1.82) is 0 Å². The van der Waals surface area contributed by atoms with E-state index < -0.39 is 12.1 Å². The van der Waals surface area contributed by atoms with Crippen LogP contribution in [0.3, 0.4) is 0 Å². The zero-order valence-electron chi connectivity index (χ0n) is 10.5. The molecule has 0 N–H and O–H groups in total. The van der Waals surface area contributed by atoms with Gasteiger partial charge in [0.05, 0.1) is 0 Å². The Hall–Kier alpha value is -1.64. The third-order valence-electron chi connectivity index (χ3n) is 3.41. The Labute approximate surface area is 107 Å². The van der Waals surface area contributed by atoms with Gasteiger partial charge in [-0.1, -0.05) is 18.7 Å². The average molecular weight is 246 g/mol. The van der Waals surface area contributed by atoms with Crippen molar-refractivity contribution in [1.82, 2.24) is 0 Å². The van der Waals surface area contributed by atoms with Gasteiger partial charge in [-0.15, -0.1) is 0 Å². The van der Waals surface area contributed by atoms with Crippen LogP contribution in [-0.4, -0.2) is 17.9 Å². The maximum atomic E-state index is 12.4. The third-order valence-corrected chi connectivity index (χ3v) is 3.41. The molecule has 96 valence electrons. The number of allylic oxidation sites excluding steroid dienone is 2. The van der Waals surface area contributed by atoms with E-state index in [1.165, 1.54) is 0 Å². The second-order valence-corrected chi connectivity index (χ2v) is 4.68. The van der Waals surface area contributed by atoms with Crippen LogP contribution in [0.2, 0.25) is 0 Å². The first-order valence-corrected chi connectivity index (χ1v) is 6.47. The molecule has 0 saturated carbocycles. The smallest absolute Gasteiger partial charge is 0.331 e. The van der Waals surface area contributed by atoms with Gasteiger partial charge in [0.2, 0.25) is 5.78 Å². The Kier molecular flexibility index (Phi) is 4.13. The number of esters is 1. The van der Waals surface area contributed by atoms with Crippen LogP contribution in [0.5, 0.6) is 0 Å². The first-order valence-electron chi connectivity index (χ1n) is 6.47. The Balaban J connectivity index is 2.15. The van der Waals surface area contributed by atoms with Gasteiger partial charge in [-0.05, 0) is 49.7 Å². The molecule has 0 spiro atoms. The standard InChI is InChI=1S/C15H18O3/c1-2-13(16)18-15(12-9-5-6-10-12)14(17)11-7-3-4-8-11/h2,7,9,15H,1,3-6,8,10H2. The second-order valence-electron chi connectivity index (χ2n) is 4.68. The van der Waals surface area contributed by atoms with E-state index >= 15 is 0 Å². The number of ketones is 1. The number of carbonyl (C=O) groups excluding carboxylic acids is 2. The molecule has 18 heavy (non-hydrogen) atoms. The molecular weight excluding hydrogens is 228 g/mol. The third kappa shape index (κ3) is 2.78. The van der Waals surface area contributed by atoms with Crippen LogP contribution in [-0.2, 0) is 14.3 Å². The van der Waals surface area contributed by atoms with Crippen molar-refractivity contribution in [3.05, 3.63) is 36.0 Å². The van der Waals surface area contributed by atoms with Crippen LogP contribution < -0.4 is 0 Å². The van der Waals surface area contributed by atoms with E-state index in [2.05, 4.69) is 6.58 Å². The summed E-state index contributed by atoms with van der Waals surface area (Å²) in [7, 11) is 0. The van der Waals surface area contributed by atoms with Gasteiger partial charge < -0.3 is 4.74 Å². The molecule has 3 heteroatoms. The fourth-order valence-electron chi connectivity index (χ4n) is 2.46. The molecule has 0 aliphatic heterocycles. The van der Waals surface area contributed by atoms with Crippen LogP contribution >= 0.6 is 0 Å². The molecule has 0 heterocycles. The second kappa shape index (κ2) is 5.80. The Morgan fingerprint density at radius 3 is 2.50 bits per heavy atom. The van der Waals surface area contributed by atoms with Crippen molar-refractivity contribution in [2.24, 2.45) is 0 Å². The highest BCUT2D eigenvalue weighted by molar-refractivity contribution is 6.02. The van der Waals surface area contributed by atoms with Crippen LogP contribution in [0.1, 0.15) is 38.5 Å². The van der Waals surface area contributed by atoms with Gasteiger partial charge in [0, 0.05) is 6.08 Å². The van der Waals surface area contributed by atoms with Crippen LogP contribution in [0.4, 0.5) is 0 Å². The minimum absolute atomic E-state index is 0.0455. The first kappa shape index (κ1) is 12.8. The molecule has 2 aliphatic rings. The number of carbonyl (C=O) groups is 2. The summed E-state index contributed by atoms with van der Waals surface area (Å²) in [5.41, 5.74) is 1.76. The van der Waals surface area contributed by atoms with E-state index in [0.717, 1.165) is 55.7 Å². The van der Waals surface area contributed by atoms with E-state index in [9.17, 15) is 9.59 Å². The van der Waals surface area contributed by atoms with Gasteiger partial charge in [0.15, 0.2) is 6.10 Å². The molecule has 0 saturated heterocycles. The zero-order valence-corrected chi connectivity index (χ0v) is 10.5. The van der Waals surface area contributed by atoms with Gasteiger partial charge in [-0.25, -0.2) is 4.79 Å². The van der Waals surface area contributed by atoms with Crippen molar-refractivity contribution < 1.29 is 14.3 Å². The van der Waals surface area contributed by atoms with Crippen molar-refractivity contribution in [2.45, 2.75) is 44.6 Å². The number of hydrogen-bond donors (Lipinski definition) is 0. The Morgan fingerprint density at radius 1 is 1.22 bits per heavy atom. The lowest BCUT2D eigenvalue weighted by molar-refractivity contribution is -0.147. The van der Waals surface area contributed by atoms with E-state index in [1.807, 2.05) is 12.2 Å². The summed E-state index contributed by atoms with van der Waals surface area (Å²) in [5.74, 6) is -0.574. The fraction of sp³-hybridized carbons (Fsp3) is 0.467. The molecule has 3 nitrogen and oxygen atoms in total. The quantitative estimate of drug-likeness (QED) is 0.425. The minimum atomic E-state index is -0.720. The molecule has 0 bridgehead atoms. The maximum absolute atomic E-state index is 12.4. The Morgan fingerprint density at radius 2 is 1.94 bits per heavy atom. The SMILES string of the molecule is C=CC(=O)OC(C(=O)C1=CCCC1)C1=CCCC1. The molecule has 0 aromatic heterocycles. The molecule has 1 unspecified atom stereocenters. The number of ether oxygens (including phenoxy) is 1. The summed E-state index contributed by atoms with van der Waals surface area (Å²) in [6, 6.07) is 0. The van der Waals surface area contributed by atoms with E-state index in [-0.39, 0.29) is 5.78 Å². The van der Waals surface area contributed by atoms with Crippen molar-refractivity contribution in [3.63, 3.8) is 0 Å². The summed E-state index contributed by atoms with van der Waals surface area (Å²) in [4.78, 5) is 23.7. The van der Waals surface area contributed by atoms with Crippen LogP contribution in [0.15, 0.2) is 36.0 Å². The number of rotatable bonds is 5. The van der Waals surface area contributed by atoms with Crippen LogP contribution in [0, 0.1) is 0 Å². The normalized spacial score (nSPS) is 20.0. The van der Waals surface area contributed by atoms with E-state index in [4.69, 9.17) is 4.74 Å². The van der Waals surface area contributed by atoms with Crippen molar-refractivity contribution in [3.8, 4) is 0 Å². The van der Waals surface area contributed by atoms with Gasteiger partial charge >= 0.3 is 5.97 Å². The summed E-state index contributed by atoms with van der Waals surface area (Å²) in [5, 5.41) is 0. The maximum Gasteiger partial charge on any atom is 0.331 e. The summed E-state index contributed by atoms with van der Waals surface area (Å²) in [6.07, 6.45) is 9.97. The highest BCUT2D eigenvalue weighted by Gasteiger charge is 2.30. The molecule has 0 radical (unpaired) electrons. The molecule has 2 rings (SSSR count). The Bertz CT molecular complexity index is 429. The van der Waals surface area contributed by atoms with Crippen molar-refractivity contribution >= 4 is 11.8 Å². The lowest BCUT2D eigenvalue weighted by Gasteiger charge is -2.17. The molecular formula is C15H18O3. The summed E-state index contributed by atoms with van der Waals surface area (Å²) >= 11 is 0. The topological polar surface area (TPSA) is 43.4 Å². The van der Waals surface area contributed by atoms with Gasteiger partial charge in [0.1, 0.15) is 0 Å². The predicted molar refractivity (Wildman–Crippen MR) is 69.0 cm³/mol. The minimum Gasteiger partial charge on any atom is -0.446 e. The van der Waals surface area contributed by atoms with Crippen LogP contribution in [0.25, 0.3) is 0 Å².